The van der Waals surface area contributed by atoms with Crippen LogP contribution in [0.3, 0.4) is 0 Å². The van der Waals surface area contributed by atoms with E-state index < -0.39 is 0 Å². The van der Waals surface area contributed by atoms with Gasteiger partial charge in [0.05, 0.1) is 11.4 Å². The van der Waals surface area contributed by atoms with Crippen LogP contribution >= 0.6 is 0 Å². The van der Waals surface area contributed by atoms with Crippen LogP contribution in [0, 0.1) is 0 Å². The average Bonchev–Trinajstić information content (AvgIpc) is 2.51. The third kappa shape index (κ3) is 3.40. The molecule has 0 bridgehead atoms. The summed E-state index contributed by atoms with van der Waals surface area (Å²) in [6, 6.07) is 7.31. The summed E-state index contributed by atoms with van der Waals surface area (Å²) in [7, 11) is 0. The Morgan fingerprint density at radius 3 is 2.50 bits per heavy atom. The van der Waals surface area contributed by atoms with Gasteiger partial charge < -0.3 is 10.2 Å². The van der Waals surface area contributed by atoms with Gasteiger partial charge in [0, 0.05) is 13.1 Å². The first kappa shape index (κ1) is 16.3. The smallest absolute Gasteiger partial charge is 0.249 e. The van der Waals surface area contributed by atoms with Crippen molar-refractivity contribution in [1.82, 2.24) is 4.90 Å². The van der Waals surface area contributed by atoms with Gasteiger partial charge in [-0.05, 0) is 31.9 Å². The van der Waals surface area contributed by atoms with Crippen molar-refractivity contribution in [2.75, 3.05) is 29.9 Å². The van der Waals surface area contributed by atoms with E-state index in [-0.39, 0.29) is 24.4 Å². The molecular formula is C17H25N3O2. The molecule has 0 saturated heterocycles. The van der Waals surface area contributed by atoms with E-state index in [9.17, 15) is 9.59 Å². The van der Waals surface area contributed by atoms with Gasteiger partial charge in [-0.3, -0.25) is 14.5 Å². The molecule has 1 aromatic rings. The van der Waals surface area contributed by atoms with Crippen molar-refractivity contribution in [3.8, 4) is 0 Å². The number of anilines is 2. The van der Waals surface area contributed by atoms with Crippen molar-refractivity contribution in [2.45, 2.75) is 39.7 Å². The maximum Gasteiger partial charge on any atom is 0.249 e. The summed E-state index contributed by atoms with van der Waals surface area (Å²) in [4.78, 5) is 28.5. The molecule has 1 unspecified atom stereocenters. The van der Waals surface area contributed by atoms with Gasteiger partial charge in [0.2, 0.25) is 11.8 Å². The Kier molecular flexibility index (Phi) is 5.41. The topological polar surface area (TPSA) is 52.7 Å². The number of para-hydroxylation sites is 2. The van der Waals surface area contributed by atoms with Crippen LogP contribution in [0.4, 0.5) is 11.4 Å². The fraction of sp³-hybridized carbons (Fsp3) is 0.529. The van der Waals surface area contributed by atoms with Crippen molar-refractivity contribution in [3.63, 3.8) is 0 Å². The Morgan fingerprint density at radius 2 is 1.86 bits per heavy atom. The highest BCUT2D eigenvalue weighted by atomic mass is 16.2. The average molecular weight is 303 g/mol. The monoisotopic (exact) mass is 303 g/mol. The molecule has 2 rings (SSSR count). The van der Waals surface area contributed by atoms with Crippen LogP contribution in [0.5, 0.6) is 0 Å². The largest absolute Gasteiger partial charge is 0.372 e. The van der Waals surface area contributed by atoms with E-state index in [1.807, 2.05) is 36.1 Å². The van der Waals surface area contributed by atoms with Crippen molar-refractivity contribution in [3.05, 3.63) is 24.3 Å². The van der Waals surface area contributed by atoms with Gasteiger partial charge in [0.25, 0.3) is 0 Å². The van der Waals surface area contributed by atoms with Crippen LogP contribution in [0.15, 0.2) is 24.3 Å². The minimum absolute atomic E-state index is 0.0148. The second kappa shape index (κ2) is 7.29. The number of benzene rings is 1. The van der Waals surface area contributed by atoms with E-state index in [1.54, 1.807) is 4.90 Å². The molecule has 5 nitrogen and oxygen atoms in total. The fourth-order valence-electron chi connectivity index (χ4n) is 2.78. The lowest BCUT2D eigenvalue weighted by molar-refractivity contribution is -0.131. The molecule has 0 aromatic heterocycles. The zero-order chi connectivity index (χ0) is 16.1. The normalized spacial score (nSPS) is 17.0. The second-order valence-electron chi connectivity index (χ2n) is 5.69. The molecular weight excluding hydrogens is 278 g/mol. The summed E-state index contributed by atoms with van der Waals surface area (Å²) in [6.45, 7) is 7.54. The van der Waals surface area contributed by atoms with E-state index in [2.05, 4.69) is 19.2 Å². The number of nitrogens with zero attached hydrogens (tertiary/aromatic N) is 2. The van der Waals surface area contributed by atoms with Crippen LogP contribution < -0.4 is 10.2 Å². The molecule has 0 fully saturated rings. The van der Waals surface area contributed by atoms with E-state index in [0.29, 0.717) is 0 Å². The van der Waals surface area contributed by atoms with Crippen molar-refractivity contribution in [1.29, 1.82) is 0 Å². The molecule has 1 heterocycles. The molecule has 0 aliphatic carbocycles. The Morgan fingerprint density at radius 1 is 1.23 bits per heavy atom. The lowest BCUT2D eigenvalue weighted by Crippen LogP contribution is -2.50. The Bertz CT molecular complexity index is 538. The van der Waals surface area contributed by atoms with Crippen LogP contribution in [-0.4, -0.2) is 42.4 Å². The summed E-state index contributed by atoms with van der Waals surface area (Å²) < 4.78 is 0. The van der Waals surface area contributed by atoms with Crippen molar-refractivity contribution in [2.24, 2.45) is 0 Å². The molecule has 0 radical (unpaired) electrons. The number of rotatable bonds is 6. The minimum atomic E-state index is -0.312. The van der Waals surface area contributed by atoms with Crippen LogP contribution in [-0.2, 0) is 9.59 Å². The molecule has 1 aliphatic heterocycles. The number of nitrogens with one attached hydrogen (secondary N) is 1. The quantitative estimate of drug-likeness (QED) is 0.878. The summed E-state index contributed by atoms with van der Waals surface area (Å²) in [6.07, 6.45) is 1.85. The van der Waals surface area contributed by atoms with E-state index in [1.165, 1.54) is 0 Å². The van der Waals surface area contributed by atoms with Gasteiger partial charge in [-0.1, -0.05) is 26.0 Å². The summed E-state index contributed by atoms with van der Waals surface area (Å²) >= 11 is 0. The first-order valence-electron chi connectivity index (χ1n) is 8.03. The minimum Gasteiger partial charge on any atom is -0.372 e. The predicted octanol–water partition coefficient (Wildman–Crippen LogP) is 2.48. The molecule has 5 heteroatoms. The van der Waals surface area contributed by atoms with Gasteiger partial charge in [-0.2, -0.15) is 0 Å². The second-order valence-corrected chi connectivity index (χ2v) is 5.69. The number of amides is 2. The molecule has 1 aromatic carbocycles. The third-order valence-corrected chi connectivity index (χ3v) is 3.84. The third-order valence-electron chi connectivity index (χ3n) is 3.84. The van der Waals surface area contributed by atoms with Crippen LogP contribution in [0.25, 0.3) is 0 Å². The van der Waals surface area contributed by atoms with Crippen LogP contribution in [0.2, 0.25) is 0 Å². The Hall–Kier alpha value is -2.04. The number of carbonyl (C=O) groups excluding carboxylic acids is 2. The number of fused-ring (bicyclic) bond motifs is 1. The number of carbonyl (C=O) groups is 2. The van der Waals surface area contributed by atoms with E-state index in [0.717, 1.165) is 37.3 Å². The van der Waals surface area contributed by atoms with Gasteiger partial charge in [-0.25, -0.2) is 0 Å². The number of hydrogen-bond donors (Lipinski definition) is 1. The highest BCUT2D eigenvalue weighted by Gasteiger charge is 2.31. The van der Waals surface area contributed by atoms with Crippen molar-refractivity contribution >= 4 is 23.2 Å². The standard InChI is InChI=1S/C17H25N3O2/c1-4-10-19(11-5-2)16(21)12-20-15-9-7-6-8-14(15)18-13(3)17(20)22/h6-9,13,18H,4-5,10-12H2,1-3H3. The molecule has 1 N–H and O–H groups in total. The maximum atomic E-state index is 12.6. The zero-order valence-corrected chi connectivity index (χ0v) is 13.6. The summed E-state index contributed by atoms with van der Waals surface area (Å²) in [5, 5.41) is 3.18. The maximum absolute atomic E-state index is 12.6. The summed E-state index contributed by atoms with van der Waals surface area (Å²) in [5.74, 6) is -0.0408. The molecule has 120 valence electrons. The molecule has 1 aliphatic rings. The molecule has 0 spiro atoms. The first-order valence-corrected chi connectivity index (χ1v) is 8.03. The SMILES string of the molecule is CCCN(CCC)C(=O)CN1C(=O)C(C)Nc2ccccc21. The summed E-state index contributed by atoms with van der Waals surface area (Å²) in [5.41, 5.74) is 1.69. The Balaban J connectivity index is 2.20. The van der Waals surface area contributed by atoms with Gasteiger partial charge in [0.15, 0.2) is 0 Å². The zero-order valence-electron chi connectivity index (χ0n) is 13.6. The predicted molar refractivity (Wildman–Crippen MR) is 89.0 cm³/mol. The van der Waals surface area contributed by atoms with E-state index >= 15 is 0 Å². The first-order chi connectivity index (χ1) is 10.6. The van der Waals surface area contributed by atoms with Gasteiger partial charge in [0.1, 0.15) is 12.6 Å². The highest BCUT2D eigenvalue weighted by Crippen LogP contribution is 2.30. The van der Waals surface area contributed by atoms with Gasteiger partial charge in [-0.15, -0.1) is 0 Å². The molecule has 1 atom stereocenters. The Labute approximate surface area is 132 Å². The highest BCUT2D eigenvalue weighted by molar-refractivity contribution is 6.07. The van der Waals surface area contributed by atoms with E-state index in [4.69, 9.17) is 0 Å². The lowest BCUT2D eigenvalue weighted by atomic mass is 10.1. The molecule has 22 heavy (non-hydrogen) atoms. The van der Waals surface area contributed by atoms with Gasteiger partial charge >= 0.3 is 0 Å². The molecule has 2 amide bonds. The lowest BCUT2D eigenvalue weighted by Gasteiger charge is -2.34. The molecule has 0 saturated carbocycles. The van der Waals surface area contributed by atoms with Crippen molar-refractivity contribution < 1.29 is 9.59 Å². The van der Waals surface area contributed by atoms with Crippen LogP contribution in [0.1, 0.15) is 33.6 Å². The fourth-order valence-corrected chi connectivity index (χ4v) is 2.78. The number of hydrogen-bond acceptors (Lipinski definition) is 3.